The monoisotopic (exact) mass is 428 g/mol. The number of nitrogens with one attached hydrogen (secondary N) is 2. The molecule has 0 aliphatic heterocycles. The molecule has 30 heavy (non-hydrogen) atoms. The Bertz CT molecular complexity index is 1010. The number of benzene rings is 2. The first-order valence-corrected chi connectivity index (χ1v) is 12.1. The first kappa shape index (κ1) is 22.0. The predicted molar refractivity (Wildman–Crippen MR) is 117 cm³/mol. The second kappa shape index (κ2) is 9.43. The van der Waals surface area contributed by atoms with Gasteiger partial charge in [-0.25, -0.2) is 8.42 Å². The van der Waals surface area contributed by atoms with Gasteiger partial charge >= 0.3 is 0 Å². The summed E-state index contributed by atoms with van der Waals surface area (Å²) >= 11 is 0. The van der Waals surface area contributed by atoms with Crippen molar-refractivity contribution in [2.45, 2.75) is 50.0 Å². The number of carbonyl (C=O) groups is 2. The van der Waals surface area contributed by atoms with E-state index >= 15 is 0 Å². The Morgan fingerprint density at radius 2 is 1.67 bits per heavy atom. The van der Waals surface area contributed by atoms with E-state index in [1.807, 2.05) is 6.92 Å². The molecule has 2 amide bonds. The van der Waals surface area contributed by atoms with E-state index in [0.29, 0.717) is 11.3 Å². The quantitative estimate of drug-likeness (QED) is 0.724. The standard InChI is InChI=1S/C23H28N2O4S/c1-16(17-11-13-21(14-12-17)30(2,28)29)24-23(27)19-9-6-10-20(15-19)25-22(26)18-7-4-3-5-8-18/h6,9-16,18H,3-5,7-8H2,1-2H3,(H,24,27)(H,25,26). The summed E-state index contributed by atoms with van der Waals surface area (Å²) in [6, 6.07) is 13.1. The second-order valence-electron chi connectivity index (χ2n) is 7.94. The fourth-order valence-corrected chi connectivity index (χ4v) is 4.34. The zero-order chi connectivity index (χ0) is 21.7. The number of rotatable bonds is 6. The minimum absolute atomic E-state index is 0.0200. The van der Waals surface area contributed by atoms with Gasteiger partial charge in [0.2, 0.25) is 5.91 Å². The van der Waals surface area contributed by atoms with Gasteiger partial charge in [-0.15, -0.1) is 0 Å². The van der Waals surface area contributed by atoms with E-state index in [4.69, 9.17) is 0 Å². The Hall–Kier alpha value is -2.67. The molecule has 6 nitrogen and oxygen atoms in total. The number of amides is 2. The molecule has 1 unspecified atom stereocenters. The minimum atomic E-state index is -3.26. The van der Waals surface area contributed by atoms with Crippen molar-refractivity contribution in [3.05, 3.63) is 59.7 Å². The summed E-state index contributed by atoms with van der Waals surface area (Å²) < 4.78 is 23.2. The maximum Gasteiger partial charge on any atom is 0.251 e. The van der Waals surface area contributed by atoms with Crippen molar-refractivity contribution in [2.75, 3.05) is 11.6 Å². The highest BCUT2D eigenvalue weighted by atomic mass is 32.2. The van der Waals surface area contributed by atoms with Crippen molar-refractivity contribution in [3.8, 4) is 0 Å². The molecule has 1 aliphatic rings. The van der Waals surface area contributed by atoms with Gasteiger partial charge in [0.25, 0.3) is 5.91 Å². The van der Waals surface area contributed by atoms with Crippen molar-refractivity contribution in [1.29, 1.82) is 0 Å². The molecule has 0 heterocycles. The molecule has 1 fully saturated rings. The zero-order valence-corrected chi connectivity index (χ0v) is 18.2. The van der Waals surface area contributed by atoms with Crippen LogP contribution in [0.15, 0.2) is 53.4 Å². The highest BCUT2D eigenvalue weighted by Gasteiger charge is 2.21. The second-order valence-corrected chi connectivity index (χ2v) is 9.96. The number of hydrogen-bond acceptors (Lipinski definition) is 4. The van der Waals surface area contributed by atoms with Gasteiger partial charge in [0, 0.05) is 23.4 Å². The van der Waals surface area contributed by atoms with Gasteiger partial charge in [0.05, 0.1) is 10.9 Å². The van der Waals surface area contributed by atoms with Crippen LogP contribution >= 0.6 is 0 Å². The van der Waals surface area contributed by atoms with Crippen LogP contribution in [0.2, 0.25) is 0 Å². The molecule has 1 atom stereocenters. The molecule has 1 aliphatic carbocycles. The molecule has 2 aromatic carbocycles. The number of anilines is 1. The minimum Gasteiger partial charge on any atom is -0.346 e. The van der Waals surface area contributed by atoms with Crippen LogP contribution in [0, 0.1) is 5.92 Å². The highest BCUT2D eigenvalue weighted by Crippen LogP contribution is 2.25. The Balaban J connectivity index is 1.63. The smallest absolute Gasteiger partial charge is 0.251 e. The SMILES string of the molecule is CC(NC(=O)c1cccc(NC(=O)C2CCCCC2)c1)c1ccc(S(C)(=O)=O)cc1. The summed E-state index contributed by atoms with van der Waals surface area (Å²) in [6.07, 6.45) is 6.36. The third-order valence-corrected chi connectivity index (χ3v) is 6.65. The van der Waals surface area contributed by atoms with Crippen molar-refractivity contribution in [2.24, 2.45) is 5.92 Å². The van der Waals surface area contributed by atoms with Crippen LogP contribution in [-0.2, 0) is 14.6 Å². The van der Waals surface area contributed by atoms with Crippen LogP contribution in [0.3, 0.4) is 0 Å². The van der Waals surface area contributed by atoms with Crippen LogP contribution in [0.4, 0.5) is 5.69 Å². The molecular formula is C23H28N2O4S. The number of hydrogen-bond donors (Lipinski definition) is 2. The average Bonchev–Trinajstić information content (AvgIpc) is 2.74. The van der Waals surface area contributed by atoms with E-state index in [9.17, 15) is 18.0 Å². The molecule has 0 radical (unpaired) electrons. The molecule has 7 heteroatoms. The molecule has 2 aromatic rings. The Labute approximate surface area is 178 Å². The van der Waals surface area contributed by atoms with Gasteiger partial charge in [-0.2, -0.15) is 0 Å². The van der Waals surface area contributed by atoms with Crippen LogP contribution in [-0.4, -0.2) is 26.5 Å². The van der Waals surface area contributed by atoms with Crippen LogP contribution in [0.5, 0.6) is 0 Å². The number of carbonyl (C=O) groups excluding carboxylic acids is 2. The fourth-order valence-electron chi connectivity index (χ4n) is 3.71. The maximum atomic E-state index is 12.7. The topological polar surface area (TPSA) is 92.3 Å². The van der Waals surface area contributed by atoms with Crippen LogP contribution < -0.4 is 10.6 Å². The van der Waals surface area contributed by atoms with Crippen molar-refractivity contribution in [3.63, 3.8) is 0 Å². The molecular weight excluding hydrogens is 400 g/mol. The van der Waals surface area contributed by atoms with Gasteiger partial charge in [-0.3, -0.25) is 9.59 Å². The largest absolute Gasteiger partial charge is 0.346 e. The Morgan fingerprint density at radius 3 is 2.30 bits per heavy atom. The Morgan fingerprint density at radius 1 is 1.00 bits per heavy atom. The van der Waals surface area contributed by atoms with Gasteiger partial charge in [0.15, 0.2) is 9.84 Å². The summed E-state index contributed by atoms with van der Waals surface area (Å²) in [6.45, 7) is 1.84. The molecule has 0 spiro atoms. The first-order chi connectivity index (χ1) is 14.2. The molecule has 2 N–H and O–H groups in total. The molecule has 3 rings (SSSR count). The normalized spacial score (nSPS) is 15.9. The van der Waals surface area contributed by atoms with Gasteiger partial charge < -0.3 is 10.6 Å². The van der Waals surface area contributed by atoms with E-state index < -0.39 is 9.84 Å². The van der Waals surface area contributed by atoms with E-state index in [-0.39, 0.29) is 28.7 Å². The lowest BCUT2D eigenvalue weighted by Gasteiger charge is -2.21. The van der Waals surface area contributed by atoms with E-state index in [1.165, 1.54) is 18.6 Å². The summed E-state index contributed by atoms with van der Waals surface area (Å²) in [7, 11) is -3.26. The van der Waals surface area contributed by atoms with Crippen molar-refractivity contribution in [1.82, 2.24) is 5.32 Å². The van der Waals surface area contributed by atoms with Gasteiger partial charge in [-0.1, -0.05) is 37.5 Å². The Kier molecular flexibility index (Phi) is 6.92. The maximum absolute atomic E-state index is 12.7. The molecule has 0 aromatic heterocycles. The van der Waals surface area contributed by atoms with Gasteiger partial charge in [-0.05, 0) is 55.7 Å². The van der Waals surface area contributed by atoms with Crippen molar-refractivity contribution < 1.29 is 18.0 Å². The molecule has 0 bridgehead atoms. The summed E-state index contributed by atoms with van der Waals surface area (Å²) in [4.78, 5) is 25.4. The van der Waals surface area contributed by atoms with Crippen LogP contribution in [0.25, 0.3) is 0 Å². The lowest BCUT2D eigenvalue weighted by atomic mass is 9.88. The van der Waals surface area contributed by atoms with E-state index in [0.717, 1.165) is 37.5 Å². The van der Waals surface area contributed by atoms with Gasteiger partial charge in [0.1, 0.15) is 0 Å². The fraction of sp³-hybridized carbons (Fsp3) is 0.391. The summed E-state index contributed by atoms with van der Waals surface area (Å²) in [5, 5.41) is 5.85. The summed E-state index contributed by atoms with van der Waals surface area (Å²) in [5.74, 6) is -0.193. The molecule has 1 saturated carbocycles. The lowest BCUT2D eigenvalue weighted by molar-refractivity contribution is -0.120. The molecule has 0 saturated heterocycles. The third kappa shape index (κ3) is 5.69. The first-order valence-electron chi connectivity index (χ1n) is 10.3. The lowest BCUT2D eigenvalue weighted by Crippen LogP contribution is -2.27. The third-order valence-electron chi connectivity index (χ3n) is 5.52. The van der Waals surface area contributed by atoms with Crippen molar-refractivity contribution >= 4 is 27.3 Å². The van der Waals surface area contributed by atoms with E-state index in [2.05, 4.69) is 10.6 Å². The van der Waals surface area contributed by atoms with Crippen LogP contribution in [0.1, 0.15) is 61.0 Å². The summed E-state index contributed by atoms with van der Waals surface area (Å²) in [5.41, 5.74) is 1.87. The highest BCUT2D eigenvalue weighted by molar-refractivity contribution is 7.90. The average molecular weight is 429 g/mol. The molecule has 160 valence electrons. The predicted octanol–water partition coefficient (Wildman–Crippen LogP) is 4.10. The zero-order valence-electron chi connectivity index (χ0n) is 17.4. The number of sulfone groups is 1. The van der Waals surface area contributed by atoms with E-state index in [1.54, 1.807) is 36.4 Å².